The number of amides is 2. The quantitative estimate of drug-likeness (QED) is 0.687. The van der Waals surface area contributed by atoms with Crippen LogP contribution in [-0.2, 0) is 16.1 Å². The lowest BCUT2D eigenvalue weighted by molar-refractivity contribution is -0.142. The Morgan fingerprint density at radius 3 is 2.30 bits per heavy atom. The Hall–Kier alpha value is -3.02. The van der Waals surface area contributed by atoms with Crippen molar-refractivity contribution in [2.45, 2.75) is 51.2 Å². The van der Waals surface area contributed by atoms with Gasteiger partial charge in [0.25, 0.3) is 5.91 Å². The zero-order valence-electron chi connectivity index (χ0n) is 17.7. The molecule has 6 heteroatoms. The van der Waals surface area contributed by atoms with Crippen molar-refractivity contribution in [2.24, 2.45) is 0 Å². The van der Waals surface area contributed by atoms with Gasteiger partial charge in [0.1, 0.15) is 17.5 Å². The number of ether oxygens (including phenoxy) is 2. The molecule has 1 fully saturated rings. The number of carbonyl (C=O) groups is 2. The molecule has 2 aromatic carbocycles. The first-order valence-electron chi connectivity index (χ1n) is 10.5. The van der Waals surface area contributed by atoms with E-state index < -0.39 is 6.04 Å². The van der Waals surface area contributed by atoms with Crippen LogP contribution >= 0.6 is 0 Å². The van der Waals surface area contributed by atoms with Gasteiger partial charge < -0.3 is 19.7 Å². The fraction of sp³-hybridized carbons (Fsp3) is 0.417. The molecule has 0 radical (unpaired) electrons. The van der Waals surface area contributed by atoms with Crippen molar-refractivity contribution < 1.29 is 19.1 Å². The first kappa shape index (κ1) is 21.7. The summed E-state index contributed by atoms with van der Waals surface area (Å²) in [6.07, 6.45) is 4.29. The summed E-state index contributed by atoms with van der Waals surface area (Å²) < 4.78 is 10.8. The fourth-order valence-electron chi connectivity index (χ4n) is 3.65. The Bertz CT molecular complexity index is 817. The zero-order chi connectivity index (χ0) is 21.3. The maximum absolute atomic E-state index is 13.0. The summed E-state index contributed by atoms with van der Waals surface area (Å²) in [7, 11) is 1.60. The molecule has 2 amide bonds. The minimum absolute atomic E-state index is 0.115. The molecule has 30 heavy (non-hydrogen) atoms. The largest absolute Gasteiger partial charge is 0.497 e. The second-order valence-electron chi connectivity index (χ2n) is 7.64. The second-order valence-corrected chi connectivity index (χ2v) is 7.64. The lowest BCUT2D eigenvalue weighted by Crippen LogP contribution is -2.50. The molecule has 0 heterocycles. The molecule has 0 aliphatic heterocycles. The highest BCUT2D eigenvalue weighted by Gasteiger charge is 2.28. The van der Waals surface area contributed by atoms with Gasteiger partial charge in [0.2, 0.25) is 5.91 Å². The van der Waals surface area contributed by atoms with Gasteiger partial charge in [0.05, 0.1) is 7.11 Å². The summed E-state index contributed by atoms with van der Waals surface area (Å²) in [6.45, 7) is 1.99. The number of carbonyl (C=O) groups excluding carboxylic acids is 2. The highest BCUT2D eigenvalue weighted by atomic mass is 16.5. The van der Waals surface area contributed by atoms with Crippen LogP contribution < -0.4 is 14.8 Å². The molecular weight excluding hydrogens is 380 g/mol. The SMILES string of the molecule is COc1ccc(OCC(=O)N(Cc2ccccc2)[C@@H](C)C(=O)NC2CCCC2)cc1. The number of benzene rings is 2. The number of hydrogen-bond donors (Lipinski definition) is 1. The third kappa shape index (κ3) is 5.99. The van der Waals surface area contributed by atoms with Crippen molar-refractivity contribution in [3.63, 3.8) is 0 Å². The molecule has 0 aromatic heterocycles. The van der Waals surface area contributed by atoms with E-state index in [0.29, 0.717) is 12.3 Å². The number of rotatable bonds is 9. The average Bonchev–Trinajstić information content (AvgIpc) is 3.29. The highest BCUT2D eigenvalue weighted by Crippen LogP contribution is 2.19. The first-order valence-corrected chi connectivity index (χ1v) is 10.5. The molecule has 3 rings (SSSR count). The first-order chi connectivity index (χ1) is 14.6. The van der Waals surface area contributed by atoms with Gasteiger partial charge in [-0.15, -0.1) is 0 Å². The minimum Gasteiger partial charge on any atom is -0.497 e. The van der Waals surface area contributed by atoms with Crippen molar-refractivity contribution in [1.82, 2.24) is 10.2 Å². The number of nitrogens with one attached hydrogen (secondary N) is 1. The molecule has 0 spiro atoms. The topological polar surface area (TPSA) is 67.9 Å². The molecule has 0 saturated heterocycles. The van der Waals surface area contributed by atoms with Crippen molar-refractivity contribution in [2.75, 3.05) is 13.7 Å². The van der Waals surface area contributed by atoms with Crippen molar-refractivity contribution in [3.8, 4) is 11.5 Å². The van der Waals surface area contributed by atoms with E-state index in [4.69, 9.17) is 9.47 Å². The molecule has 6 nitrogen and oxygen atoms in total. The standard InChI is InChI=1S/C24H30N2O4/c1-18(24(28)25-20-10-6-7-11-20)26(16-19-8-4-3-5-9-19)23(27)17-30-22-14-12-21(29-2)13-15-22/h3-5,8-9,12-15,18,20H,6-7,10-11,16-17H2,1-2H3,(H,25,28)/t18-/m0/s1. The fourth-order valence-corrected chi connectivity index (χ4v) is 3.65. The van der Waals surface area contributed by atoms with E-state index in [2.05, 4.69) is 5.32 Å². The normalized spacial score (nSPS) is 14.7. The smallest absolute Gasteiger partial charge is 0.261 e. The lowest BCUT2D eigenvalue weighted by Gasteiger charge is -2.29. The van der Waals surface area contributed by atoms with E-state index in [1.54, 1.807) is 43.2 Å². The molecule has 1 aliphatic carbocycles. The average molecular weight is 411 g/mol. The summed E-state index contributed by atoms with van der Waals surface area (Å²) in [5.41, 5.74) is 0.968. The van der Waals surface area contributed by atoms with Crippen molar-refractivity contribution in [3.05, 3.63) is 60.2 Å². The van der Waals surface area contributed by atoms with Gasteiger partial charge in [-0.05, 0) is 49.6 Å². The highest BCUT2D eigenvalue weighted by molar-refractivity contribution is 5.88. The van der Waals surface area contributed by atoms with Crippen LogP contribution in [0.25, 0.3) is 0 Å². The molecule has 1 atom stereocenters. The molecule has 1 saturated carbocycles. The van der Waals surface area contributed by atoms with Crippen LogP contribution in [0.3, 0.4) is 0 Å². The maximum Gasteiger partial charge on any atom is 0.261 e. The third-order valence-electron chi connectivity index (χ3n) is 5.49. The Balaban J connectivity index is 1.66. The molecule has 2 aromatic rings. The van der Waals surface area contributed by atoms with Crippen LogP contribution in [0.5, 0.6) is 11.5 Å². The predicted molar refractivity (Wildman–Crippen MR) is 115 cm³/mol. The van der Waals surface area contributed by atoms with Crippen molar-refractivity contribution in [1.29, 1.82) is 0 Å². The molecular formula is C24H30N2O4. The van der Waals surface area contributed by atoms with Gasteiger partial charge in [0, 0.05) is 12.6 Å². The van der Waals surface area contributed by atoms with E-state index in [-0.39, 0.29) is 24.5 Å². The van der Waals surface area contributed by atoms with Crippen LogP contribution in [0.4, 0.5) is 0 Å². The van der Waals surface area contributed by atoms with Crippen LogP contribution in [0, 0.1) is 0 Å². The van der Waals surface area contributed by atoms with E-state index in [1.807, 2.05) is 30.3 Å². The van der Waals surface area contributed by atoms with Gasteiger partial charge in [-0.3, -0.25) is 9.59 Å². The van der Waals surface area contributed by atoms with Crippen LogP contribution in [0.15, 0.2) is 54.6 Å². The summed E-state index contributed by atoms with van der Waals surface area (Å²) in [6, 6.07) is 16.4. The Labute approximate surface area is 178 Å². The number of nitrogens with zero attached hydrogens (tertiary/aromatic N) is 1. The van der Waals surface area contributed by atoms with Crippen LogP contribution in [0.1, 0.15) is 38.2 Å². The summed E-state index contributed by atoms with van der Waals surface area (Å²) in [4.78, 5) is 27.4. The van der Waals surface area contributed by atoms with Gasteiger partial charge in [-0.2, -0.15) is 0 Å². The second kappa shape index (κ2) is 10.7. The lowest BCUT2D eigenvalue weighted by atomic mass is 10.1. The van der Waals surface area contributed by atoms with Crippen molar-refractivity contribution >= 4 is 11.8 Å². The minimum atomic E-state index is -0.585. The maximum atomic E-state index is 13.0. The van der Waals surface area contributed by atoms with Gasteiger partial charge in [-0.1, -0.05) is 43.2 Å². The van der Waals surface area contributed by atoms with Gasteiger partial charge in [0.15, 0.2) is 6.61 Å². The zero-order valence-corrected chi connectivity index (χ0v) is 17.7. The molecule has 1 aliphatic rings. The third-order valence-corrected chi connectivity index (χ3v) is 5.49. The van der Waals surface area contributed by atoms with Crippen LogP contribution in [-0.4, -0.2) is 42.5 Å². The van der Waals surface area contributed by atoms with Gasteiger partial charge >= 0.3 is 0 Å². The molecule has 0 bridgehead atoms. The predicted octanol–water partition coefficient (Wildman–Crippen LogP) is 3.55. The number of methoxy groups -OCH3 is 1. The Kier molecular flexibility index (Phi) is 7.71. The Morgan fingerprint density at radius 2 is 1.67 bits per heavy atom. The van der Waals surface area contributed by atoms with E-state index >= 15 is 0 Å². The van der Waals surface area contributed by atoms with E-state index in [9.17, 15) is 9.59 Å². The summed E-state index contributed by atoms with van der Waals surface area (Å²) >= 11 is 0. The molecule has 1 N–H and O–H groups in total. The summed E-state index contributed by atoms with van der Waals surface area (Å²) in [5, 5.41) is 3.10. The van der Waals surface area contributed by atoms with E-state index in [0.717, 1.165) is 37.0 Å². The molecule has 160 valence electrons. The van der Waals surface area contributed by atoms with Gasteiger partial charge in [-0.25, -0.2) is 0 Å². The Morgan fingerprint density at radius 1 is 1.03 bits per heavy atom. The summed E-state index contributed by atoms with van der Waals surface area (Å²) in [5.74, 6) is 0.947. The number of hydrogen-bond acceptors (Lipinski definition) is 4. The monoisotopic (exact) mass is 410 g/mol. The van der Waals surface area contributed by atoms with E-state index in [1.165, 1.54) is 0 Å². The molecule has 0 unspecified atom stereocenters. The van der Waals surface area contributed by atoms with Crippen LogP contribution in [0.2, 0.25) is 0 Å².